The number of carbonyl (C=O) groups is 1. The number of rotatable bonds is 4. The maximum atomic E-state index is 12.4. The molecule has 26 heavy (non-hydrogen) atoms. The molecule has 0 aliphatic carbocycles. The molecule has 7 nitrogen and oxygen atoms in total. The molecule has 3 aromatic heterocycles. The lowest BCUT2D eigenvalue weighted by molar-refractivity contribution is 0.0945. The third-order valence-corrected chi connectivity index (χ3v) is 4.02. The van der Waals surface area contributed by atoms with Crippen molar-refractivity contribution in [2.45, 2.75) is 6.54 Å². The first-order valence-corrected chi connectivity index (χ1v) is 8.14. The van der Waals surface area contributed by atoms with Gasteiger partial charge in [0, 0.05) is 25.0 Å². The number of carbonyl (C=O) groups excluding carboxylic acids is 1. The Hall–Kier alpha value is -3.61. The summed E-state index contributed by atoms with van der Waals surface area (Å²) in [6.07, 6.45) is 4.96. The second-order valence-corrected chi connectivity index (χ2v) is 5.81. The summed E-state index contributed by atoms with van der Waals surface area (Å²) in [6, 6.07) is 13.2. The van der Waals surface area contributed by atoms with Gasteiger partial charge >= 0.3 is 0 Å². The summed E-state index contributed by atoms with van der Waals surface area (Å²) in [6.45, 7) is 0.312. The zero-order valence-electron chi connectivity index (χ0n) is 14.1. The van der Waals surface area contributed by atoms with Crippen molar-refractivity contribution in [2.75, 3.05) is 0 Å². The van der Waals surface area contributed by atoms with E-state index in [1.165, 1.54) is 6.20 Å². The molecule has 0 bridgehead atoms. The first kappa shape index (κ1) is 15.9. The third kappa shape index (κ3) is 3.14. The molecule has 4 rings (SSSR count). The summed E-state index contributed by atoms with van der Waals surface area (Å²) >= 11 is 0. The lowest BCUT2D eigenvalue weighted by atomic mass is 10.2. The average Bonchev–Trinajstić information content (AvgIpc) is 3.07. The lowest BCUT2D eigenvalue weighted by Crippen LogP contribution is -2.24. The van der Waals surface area contributed by atoms with Crippen LogP contribution in [0.25, 0.3) is 22.3 Å². The zero-order chi connectivity index (χ0) is 17.9. The van der Waals surface area contributed by atoms with Crippen molar-refractivity contribution in [3.05, 3.63) is 72.4 Å². The van der Waals surface area contributed by atoms with Gasteiger partial charge in [0.2, 0.25) is 0 Å². The fraction of sp³-hybridized carbons (Fsp3) is 0.105. The molecular weight excluding hydrogens is 328 g/mol. The van der Waals surface area contributed by atoms with E-state index in [1.54, 1.807) is 17.1 Å². The van der Waals surface area contributed by atoms with Gasteiger partial charge in [-0.15, -0.1) is 0 Å². The van der Waals surface area contributed by atoms with E-state index in [4.69, 9.17) is 0 Å². The highest BCUT2D eigenvalue weighted by Crippen LogP contribution is 2.18. The van der Waals surface area contributed by atoms with E-state index >= 15 is 0 Å². The lowest BCUT2D eigenvalue weighted by Gasteiger charge is -2.03. The van der Waals surface area contributed by atoms with Gasteiger partial charge in [-0.05, 0) is 30.3 Å². The van der Waals surface area contributed by atoms with Crippen LogP contribution in [0.4, 0.5) is 0 Å². The number of nitrogens with one attached hydrogen (secondary N) is 1. The number of para-hydroxylation sites is 2. The molecule has 0 saturated heterocycles. The predicted molar refractivity (Wildman–Crippen MR) is 97.1 cm³/mol. The number of pyridine rings is 1. The van der Waals surface area contributed by atoms with E-state index in [1.807, 2.05) is 49.5 Å². The average molecular weight is 344 g/mol. The summed E-state index contributed by atoms with van der Waals surface area (Å²) in [4.78, 5) is 25.0. The number of aromatic nitrogens is 5. The highest BCUT2D eigenvalue weighted by Gasteiger charge is 2.11. The van der Waals surface area contributed by atoms with Gasteiger partial charge < -0.3 is 5.32 Å². The molecule has 0 radical (unpaired) electrons. The minimum absolute atomic E-state index is 0.278. The molecule has 0 atom stereocenters. The molecule has 1 N–H and O–H groups in total. The standard InChI is InChI=1S/C19H16N6O/c1-25-18(13-6-8-20-9-7-13)10-14(24-25)11-22-19(26)17-12-21-15-4-2-3-5-16(15)23-17/h2-10,12H,11H2,1H3,(H,22,26). The Morgan fingerprint density at radius 2 is 1.88 bits per heavy atom. The molecule has 0 fully saturated rings. The quantitative estimate of drug-likeness (QED) is 0.614. The molecule has 0 aliphatic heterocycles. The predicted octanol–water partition coefficient (Wildman–Crippen LogP) is 2.36. The Bertz CT molecular complexity index is 1070. The number of hydrogen-bond donors (Lipinski definition) is 1. The van der Waals surface area contributed by atoms with Gasteiger partial charge in [0.05, 0.1) is 35.2 Å². The van der Waals surface area contributed by atoms with Crippen molar-refractivity contribution < 1.29 is 4.79 Å². The van der Waals surface area contributed by atoms with E-state index in [2.05, 4.69) is 25.4 Å². The Morgan fingerprint density at radius 1 is 1.12 bits per heavy atom. The maximum absolute atomic E-state index is 12.4. The molecule has 1 amide bonds. The van der Waals surface area contributed by atoms with Crippen LogP contribution in [0.15, 0.2) is 61.1 Å². The summed E-state index contributed by atoms with van der Waals surface area (Å²) in [7, 11) is 1.87. The van der Waals surface area contributed by atoms with Crippen LogP contribution in [0.1, 0.15) is 16.2 Å². The van der Waals surface area contributed by atoms with Crippen molar-refractivity contribution in [2.24, 2.45) is 7.05 Å². The second kappa shape index (κ2) is 6.72. The first-order chi connectivity index (χ1) is 12.7. The molecule has 0 aliphatic rings. The molecular formula is C19H16N6O. The maximum Gasteiger partial charge on any atom is 0.271 e. The molecule has 7 heteroatoms. The number of nitrogens with zero attached hydrogens (tertiary/aromatic N) is 5. The Kier molecular flexibility index (Phi) is 4.10. The van der Waals surface area contributed by atoms with Crippen molar-refractivity contribution in [3.8, 4) is 11.3 Å². The summed E-state index contributed by atoms with van der Waals surface area (Å²) in [5, 5.41) is 7.29. The van der Waals surface area contributed by atoms with Crippen LogP contribution in [0.2, 0.25) is 0 Å². The van der Waals surface area contributed by atoms with Crippen LogP contribution in [-0.2, 0) is 13.6 Å². The van der Waals surface area contributed by atoms with Gasteiger partial charge in [-0.25, -0.2) is 4.98 Å². The van der Waals surface area contributed by atoms with Crippen LogP contribution in [0.5, 0.6) is 0 Å². The van der Waals surface area contributed by atoms with Crippen molar-refractivity contribution in [3.63, 3.8) is 0 Å². The van der Waals surface area contributed by atoms with Crippen LogP contribution in [-0.4, -0.2) is 30.6 Å². The summed E-state index contributed by atoms with van der Waals surface area (Å²) in [5.41, 5.74) is 4.49. The SMILES string of the molecule is Cn1nc(CNC(=O)c2cnc3ccccc3n2)cc1-c1ccncc1. The van der Waals surface area contributed by atoms with Gasteiger partial charge in [0.25, 0.3) is 5.91 Å². The van der Waals surface area contributed by atoms with E-state index in [9.17, 15) is 4.79 Å². The smallest absolute Gasteiger partial charge is 0.271 e. The van der Waals surface area contributed by atoms with Crippen LogP contribution in [0, 0.1) is 0 Å². The molecule has 128 valence electrons. The van der Waals surface area contributed by atoms with Crippen LogP contribution in [0.3, 0.4) is 0 Å². The normalized spacial score (nSPS) is 10.8. The Morgan fingerprint density at radius 3 is 2.69 bits per heavy atom. The summed E-state index contributed by atoms with van der Waals surface area (Å²) < 4.78 is 1.78. The molecule has 0 spiro atoms. The second-order valence-electron chi connectivity index (χ2n) is 5.81. The molecule has 0 saturated carbocycles. The van der Waals surface area contributed by atoms with Crippen LogP contribution >= 0.6 is 0 Å². The van der Waals surface area contributed by atoms with Gasteiger partial charge in [-0.3, -0.25) is 19.4 Å². The van der Waals surface area contributed by atoms with Gasteiger partial charge in [-0.1, -0.05) is 12.1 Å². The highest BCUT2D eigenvalue weighted by atomic mass is 16.1. The number of benzene rings is 1. The first-order valence-electron chi connectivity index (χ1n) is 8.14. The van der Waals surface area contributed by atoms with Crippen LogP contribution < -0.4 is 5.32 Å². The third-order valence-electron chi connectivity index (χ3n) is 4.02. The van der Waals surface area contributed by atoms with E-state index < -0.39 is 0 Å². The monoisotopic (exact) mass is 344 g/mol. The van der Waals surface area contributed by atoms with Gasteiger partial charge in [0.1, 0.15) is 5.69 Å². The molecule has 4 aromatic rings. The topological polar surface area (TPSA) is 85.6 Å². The molecule has 1 aromatic carbocycles. The summed E-state index contributed by atoms with van der Waals surface area (Å²) in [5.74, 6) is -0.278. The van der Waals surface area contributed by atoms with E-state index in [0.29, 0.717) is 12.1 Å². The largest absolute Gasteiger partial charge is 0.345 e. The fourth-order valence-corrected chi connectivity index (χ4v) is 2.73. The zero-order valence-corrected chi connectivity index (χ0v) is 14.1. The van der Waals surface area contributed by atoms with Crippen molar-refractivity contribution >= 4 is 16.9 Å². The number of fused-ring (bicyclic) bond motifs is 1. The number of hydrogen-bond acceptors (Lipinski definition) is 5. The van der Waals surface area contributed by atoms with E-state index in [0.717, 1.165) is 22.5 Å². The van der Waals surface area contributed by atoms with Gasteiger partial charge in [-0.2, -0.15) is 5.10 Å². The Balaban J connectivity index is 1.49. The van der Waals surface area contributed by atoms with E-state index in [-0.39, 0.29) is 11.6 Å². The fourth-order valence-electron chi connectivity index (χ4n) is 2.73. The van der Waals surface area contributed by atoms with Crippen molar-refractivity contribution in [1.82, 2.24) is 30.0 Å². The minimum Gasteiger partial charge on any atom is -0.345 e. The Labute approximate surface area is 149 Å². The highest BCUT2D eigenvalue weighted by molar-refractivity contribution is 5.93. The van der Waals surface area contributed by atoms with Crippen molar-refractivity contribution in [1.29, 1.82) is 0 Å². The molecule has 3 heterocycles. The number of amides is 1. The molecule has 0 unspecified atom stereocenters. The minimum atomic E-state index is -0.278. The number of aryl methyl sites for hydroxylation is 1. The van der Waals surface area contributed by atoms with Gasteiger partial charge in [0.15, 0.2) is 0 Å².